The molecule has 0 fully saturated rings. The Labute approximate surface area is 255 Å². The average Bonchev–Trinajstić information content (AvgIpc) is 3.01. The fraction of sp³-hybridized carbons (Fsp3) is 0.968. The fourth-order valence-electron chi connectivity index (χ4n) is 3.53. The van der Waals surface area contributed by atoms with Crippen LogP contribution in [0.4, 0.5) is 0 Å². The molecular formula is C31H68O11. The van der Waals surface area contributed by atoms with Gasteiger partial charge in [0.05, 0.1) is 39.6 Å². The first-order valence-electron chi connectivity index (χ1n) is 16.1. The molecule has 0 aromatic carbocycles. The highest BCUT2D eigenvalue weighted by Gasteiger charge is 1.98. The van der Waals surface area contributed by atoms with Crippen LogP contribution in [-0.4, -0.2) is 115 Å². The van der Waals surface area contributed by atoms with E-state index in [1.165, 1.54) is 109 Å². The van der Waals surface area contributed by atoms with Crippen molar-refractivity contribution in [1.29, 1.82) is 0 Å². The molecule has 0 aliphatic heterocycles. The summed E-state index contributed by atoms with van der Waals surface area (Å²) in [5.74, 6) is -0.651. The van der Waals surface area contributed by atoms with E-state index < -0.39 is 24.3 Å². The predicted octanol–water partition coefficient (Wildman–Crippen LogP) is 2.89. The molecule has 0 spiro atoms. The highest BCUT2D eigenvalue weighted by molar-refractivity contribution is 5.66. The summed E-state index contributed by atoms with van der Waals surface area (Å²) in [7, 11) is 0. The molecule has 11 nitrogen and oxygen atoms in total. The third-order valence-electron chi connectivity index (χ3n) is 6.26. The minimum absolute atomic E-state index is 0.346. The zero-order valence-electron chi connectivity index (χ0n) is 26.5. The van der Waals surface area contributed by atoms with Crippen molar-refractivity contribution in [2.24, 2.45) is 0 Å². The second-order valence-corrected chi connectivity index (χ2v) is 10.6. The van der Waals surface area contributed by atoms with Crippen LogP contribution in [-0.2, 0) is 4.79 Å². The number of carboxylic acids is 1. The lowest BCUT2D eigenvalue weighted by molar-refractivity contribution is -0.137. The van der Waals surface area contributed by atoms with Crippen molar-refractivity contribution in [3.8, 4) is 0 Å². The van der Waals surface area contributed by atoms with Crippen LogP contribution in [0.2, 0.25) is 0 Å². The first-order valence-corrected chi connectivity index (χ1v) is 16.1. The van der Waals surface area contributed by atoms with Crippen molar-refractivity contribution in [1.82, 2.24) is 0 Å². The number of hydrogen-bond donors (Lipinski definition) is 10. The van der Waals surface area contributed by atoms with Crippen LogP contribution in [0, 0.1) is 0 Å². The van der Waals surface area contributed by atoms with Crippen LogP contribution >= 0.6 is 0 Å². The van der Waals surface area contributed by atoms with E-state index >= 15 is 0 Å². The van der Waals surface area contributed by atoms with E-state index in [4.69, 9.17) is 51.1 Å². The Hall–Kier alpha value is -0.890. The SMILES string of the molecule is CCCCCCCCCCCCCCCCCCCCCC(=O)O.OCC(O)CO.OCC(O)CO.OCC(O)CO. The molecule has 0 aromatic heterocycles. The minimum Gasteiger partial charge on any atom is -0.481 e. The van der Waals surface area contributed by atoms with Gasteiger partial charge in [0.25, 0.3) is 0 Å². The molecule has 0 aliphatic carbocycles. The Morgan fingerprint density at radius 3 is 0.738 bits per heavy atom. The predicted molar refractivity (Wildman–Crippen MR) is 166 cm³/mol. The van der Waals surface area contributed by atoms with Crippen LogP contribution in [0.15, 0.2) is 0 Å². The molecule has 0 unspecified atom stereocenters. The molecular weight excluding hydrogens is 548 g/mol. The summed E-state index contributed by atoms with van der Waals surface area (Å²) >= 11 is 0. The number of hydrogen-bond acceptors (Lipinski definition) is 10. The maximum absolute atomic E-state index is 10.4. The molecule has 0 bridgehead atoms. The summed E-state index contributed by atoms with van der Waals surface area (Å²) in [6.07, 6.45) is 23.2. The average molecular weight is 617 g/mol. The zero-order chi connectivity index (χ0) is 32.7. The second-order valence-electron chi connectivity index (χ2n) is 10.6. The number of carbonyl (C=O) groups is 1. The summed E-state index contributed by atoms with van der Waals surface area (Å²) in [5.41, 5.74) is 0. The first-order chi connectivity index (χ1) is 20.2. The number of carboxylic acid groups (broad SMARTS) is 1. The minimum atomic E-state index is -0.954. The van der Waals surface area contributed by atoms with E-state index in [2.05, 4.69) is 6.92 Å². The van der Waals surface area contributed by atoms with Crippen LogP contribution in [0.1, 0.15) is 135 Å². The molecule has 0 saturated heterocycles. The quantitative estimate of drug-likeness (QED) is 0.0637. The molecule has 0 aromatic rings. The van der Waals surface area contributed by atoms with Gasteiger partial charge in [-0.3, -0.25) is 4.79 Å². The van der Waals surface area contributed by atoms with Crippen molar-refractivity contribution in [3.63, 3.8) is 0 Å². The van der Waals surface area contributed by atoms with Crippen molar-refractivity contribution < 1.29 is 55.9 Å². The first kappa shape index (κ1) is 48.0. The van der Waals surface area contributed by atoms with Crippen LogP contribution < -0.4 is 0 Å². The monoisotopic (exact) mass is 616 g/mol. The van der Waals surface area contributed by atoms with Gasteiger partial charge in [-0.15, -0.1) is 0 Å². The van der Waals surface area contributed by atoms with Gasteiger partial charge in [-0.25, -0.2) is 0 Å². The van der Waals surface area contributed by atoms with E-state index in [9.17, 15) is 4.79 Å². The van der Waals surface area contributed by atoms with Crippen molar-refractivity contribution in [2.75, 3.05) is 39.6 Å². The maximum Gasteiger partial charge on any atom is 0.303 e. The summed E-state index contributed by atoms with van der Waals surface area (Å²) in [6.45, 7) is 0.0954. The van der Waals surface area contributed by atoms with E-state index in [1.54, 1.807) is 0 Å². The van der Waals surface area contributed by atoms with Gasteiger partial charge in [-0.1, -0.05) is 122 Å². The Morgan fingerprint density at radius 2 is 0.595 bits per heavy atom. The Bertz CT molecular complexity index is 434. The van der Waals surface area contributed by atoms with Crippen LogP contribution in [0.25, 0.3) is 0 Å². The molecule has 0 saturated carbocycles. The highest BCUT2D eigenvalue weighted by atomic mass is 16.4. The molecule has 0 aliphatic rings. The normalized spacial score (nSPS) is 10.6. The van der Waals surface area contributed by atoms with Crippen molar-refractivity contribution in [3.05, 3.63) is 0 Å². The van der Waals surface area contributed by atoms with Gasteiger partial charge in [0.1, 0.15) is 18.3 Å². The van der Waals surface area contributed by atoms with E-state index in [0.717, 1.165) is 12.8 Å². The molecule has 42 heavy (non-hydrogen) atoms. The molecule has 258 valence electrons. The van der Waals surface area contributed by atoms with Gasteiger partial charge in [0.15, 0.2) is 0 Å². The fourth-order valence-corrected chi connectivity index (χ4v) is 3.53. The van der Waals surface area contributed by atoms with Crippen molar-refractivity contribution in [2.45, 2.75) is 154 Å². The number of aliphatic hydroxyl groups excluding tert-OH is 9. The van der Waals surface area contributed by atoms with Gasteiger partial charge < -0.3 is 51.1 Å². The second kappa shape index (κ2) is 44.5. The number of rotatable bonds is 26. The van der Waals surface area contributed by atoms with Gasteiger partial charge in [0, 0.05) is 6.42 Å². The summed E-state index contributed by atoms with van der Waals surface area (Å²) in [4.78, 5) is 10.4. The molecule has 0 radical (unpaired) electrons. The van der Waals surface area contributed by atoms with Crippen molar-refractivity contribution >= 4 is 5.97 Å². The number of unbranched alkanes of at least 4 members (excludes halogenated alkanes) is 18. The van der Waals surface area contributed by atoms with Gasteiger partial charge in [-0.05, 0) is 6.42 Å². The molecule has 11 heteroatoms. The van der Waals surface area contributed by atoms with Gasteiger partial charge in [-0.2, -0.15) is 0 Å². The Balaban J connectivity index is -0.000000322. The van der Waals surface area contributed by atoms with E-state index in [0.29, 0.717) is 6.42 Å². The van der Waals surface area contributed by atoms with E-state index in [-0.39, 0.29) is 39.6 Å². The Kier molecular flexibility index (Phi) is 50.9. The lowest BCUT2D eigenvalue weighted by atomic mass is 10.0. The molecule has 0 atom stereocenters. The van der Waals surface area contributed by atoms with Gasteiger partial charge >= 0.3 is 5.97 Å². The molecule has 10 N–H and O–H groups in total. The molecule has 0 rings (SSSR count). The number of aliphatic hydroxyl groups is 9. The smallest absolute Gasteiger partial charge is 0.303 e. The Morgan fingerprint density at radius 1 is 0.405 bits per heavy atom. The van der Waals surface area contributed by atoms with Gasteiger partial charge in [0.2, 0.25) is 0 Å². The third kappa shape index (κ3) is 55.1. The van der Waals surface area contributed by atoms with Crippen LogP contribution in [0.5, 0.6) is 0 Å². The maximum atomic E-state index is 10.4. The van der Waals surface area contributed by atoms with E-state index in [1.807, 2.05) is 0 Å². The topological polar surface area (TPSA) is 219 Å². The summed E-state index contributed by atoms with van der Waals surface area (Å²) in [6, 6.07) is 0. The highest BCUT2D eigenvalue weighted by Crippen LogP contribution is 2.14. The largest absolute Gasteiger partial charge is 0.481 e. The zero-order valence-corrected chi connectivity index (χ0v) is 26.5. The summed E-state index contributed by atoms with van der Waals surface area (Å²) < 4.78 is 0. The standard InChI is InChI=1S/C22H44O2.3C3H8O3/c1-2-3-4-5-6-7-8-9-10-11-12-13-14-15-16-17-18-19-20-21-22(23)24;3*4-1-3(6)2-5/h2-21H2,1H3,(H,23,24);3*3-6H,1-2H2. The number of aliphatic carboxylic acids is 1. The lowest BCUT2D eigenvalue weighted by Crippen LogP contribution is -2.15. The molecule has 0 heterocycles. The summed E-state index contributed by atoms with van der Waals surface area (Å²) in [5, 5.41) is 80.6. The van der Waals surface area contributed by atoms with Crippen LogP contribution in [0.3, 0.4) is 0 Å². The molecule has 0 amide bonds. The third-order valence-corrected chi connectivity index (χ3v) is 6.26. The lowest BCUT2D eigenvalue weighted by Gasteiger charge is -2.03.